The lowest BCUT2D eigenvalue weighted by Gasteiger charge is -2.25. The van der Waals surface area contributed by atoms with E-state index in [0.717, 1.165) is 31.4 Å². The Morgan fingerprint density at radius 2 is 2.00 bits per heavy atom. The Morgan fingerprint density at radius 1 is 1.29 bits per heavy atom. The van der Waals surface area contributed by atoms with Gasteiger partial charge in [-0.05, 0) is 44.7 Å². The van der Waals surface area contributed by atoms with E-state index in [-0.39, 0.29) is 18.1 Å². The first kappa shape index (κ1) is 12.0. The molecule has 92 valence electrons. The predicted octanol–water partition coefficient (Wildman–Crippen LogP) is 0.818. The maximum absolute atomic E-state index is 11.8. The Labute approximate surface area is 100 Å². The molecule has 2 N–H and O–H groups in total. The molecule has 0 unspecified atom stereocenters. The third-order valence-corrected chi connectivity index (χ3v) is 3.06. The van der Waals surface area contributed by atoms with Crippen LogP contribution in [-0.4, -0.2) is 33.4 Å². The molecular weight excluding hydrogens is 218 g/mol. The molecular formula is C12H17N3O2. The van der Waals surface area contributed by atoms with Crippen LogP contribution in [0.1, 0.15) is 41.9 Å². The first-order valence-electron chi connectivity index (χ1n) is 5.94. The van der Waals surface area contributed by atoms with Crippen molar-refractivity contribution in [2.24, 2.45) is 0 Å². The van der Waals surface area contributed by atoms with Gasteiger partial charge in [0.05, 0.1) is 11.8 Å². The smallest absolute Gasteiger partial charge is 0.272 e. The van der Waals surface area contributed by atoms with E-state index in [4.69, 9.17) is 0 Å². The summed E-state index contributed by atoms with van der Waals surface area (Å²) >= 11 is 0. The number of aliphatic hydroxyl groups excluding tert-OH is 1. The minimum absolute atomic E-state index is 0.147. The van der Waals surface area contributed by atoms with Crippen LogP contribution in [0.15, 0.2) is 12.1 Å². The maximum Gasteiger partial charge on any atom is 0.272 e. The minimum atomic E-state index is -0.206. The summed E-state index contributed by atoms with van der Waals surface area (Å²) in [6, 6.07) is 3.59. The van der Waals surface area contributed by atoms with Crippen LogP contribution in [0, 0.1) is 6.92 Å². The largest absolute Gasteiger partial charge is 0.393 e. The first-order chi connectivity index (χ1) is 8.15. The van der Waals surface area contributed by atoms with Crippen LogP contribution in [0.4, 0.5) is 0 Å². The molecule has 17 heavy (non-hydrogen) atoms. The van der Waals surface area contributed by atoms with E-state index < -0.39 is 0 Å². The lowest BCUT2D eigenvalue weighted by molar-refractivity contribution is 0.0862. The van der Waals surface area contributed by atoms with Crippen LogP contribution < -0.4 is 5.32 Å². The Bertz CT molecular complexity index is 383. The zero-order valence-corrected chi connectivity index (χ0v) is 9.89. The standard InChI is InChI=1S/C12H17N3O2/c1-8-2-7-11(15-14-8)12(17)13-9-3-5-10(16)6-4-9/h2,7,9-10,16H,3-6H2,1H3,(H,13,17). The number of nitrogens with zero attached hydrogens (tertiary/aromatic N) is 2. The van der Waals surface area contributed by atoms with Crippen molar-refractivity contribution in [2.45, 2.75) is 44.8 Å². The van der Waals surface area contributed by atoms with Gasteiger partial charge in [-0.25, -0.2) is 0 Å². The van der Waals surface area contributed by atoms with Crippen LogP contribution in [0.3, 0.4) is 0 Å². The Balaban J connectivity index is 1.91. The third-order valence-electron chi connectivity index (χ3n) is 3.06. The van der Waals surface area contributed by atoms with Gasteiger partial charge < -0.3 is 10.4 Å². The quantitative estimate of drug-likeness (QED) is 0.795. The molecule has 1 saturated carbocycles. The maximum atomic E-state index is 11.8. The normalized spacial score (nSPS) is 24.4. The second-order valence-corrected chi connectivity index (χ2v) is 4.54. The summed E-state index contributed by atoms with van der Waals surface area (Å²) in [4.78, 5) is 11.8. The van der Waals surface area contributed by atoms with Gasteiger partial charge in [0.25, 0.3) is 5.91 Å². The van der Waals surface area contributed by atoms with Gasteiger partial charge in [0.1, 0.15) is 0 Å². The van der Waals surface area contributed by atoms with Crippen LogP contribution in [0.2, 0.25) is 0 Å². The highest BCUT2D eigenvalue weighted by Crippen LogP contribution is 2.18. The van der Waals surface area contributed by atoms with Crippen molar-refractivity contribution in [3.05, 3.63) is 23.5 Å². The zero-order chi connectivity index (χ0) is 12.3. The Hall–Kier alpha value is -1.49. The zero-order valence-electron chi connectivity index (χ0n) is 9.89. The Kier molecular flexibility index (Phi) is 3.68. The first-order valence-corrected chi connectivity index (χ1v) is 5.94. The van der Waals surface area contributed by atoms with Gasteiger partial charge in [0, 0.05) is 6.04 Å². The second-order valence-electron chi connectivity index (χ2n) is 4.54. The van der Waals surface area contributed by atoms with E-state index in [1.165, 1.54) is 0 Å². The van der Waals surface area contributed by atoms with E-state index >= 15 is 0 Å². The monoisotopic (exact) mass is 235 g/mol. The molecule has 1 aromatic heterocycles. The highest BCUT2D eigenvalue weighted by Gasteiger charge is 2.21. The van der Waals surface area contributed by atoms with Crippen LogP contribution >= 0.6 is 0 Å². The van der Waals surface area contributed by atoms with Crippen molar-refractivity contribution in [1.29, 1.82) is 0 Å². The fourth-order valence-corrected chi connectivity index (χ4v) is 2.00. The van der Waals surface area contributed by atoms with Gasteiger partial charge in [-0.3, -0.25) is 4.79 Å². The van der Waals surface area contributed by atoms with E-state index in [9.17, 15) is 9.90 Å². The molecule has 5 nitrogen and oxygen atoms in total. The van der Waals surface area contributed by atoms with Gasteiger partial charge in [0.2, 0.25) is 0 Å². The van der Waals surface area contributed by atoms with Crippen molar-refractivity contribution in [3.8, 4) is 0 Å². The molecule has 0 atom stereocenters. The fraction of sp³-hybridized carbons (Fsp3) is 0.583. The molecule has 0 aliphatic heterocycles. The summed E-state index contributed by atoms with van der Waals surface area (Å²) in [5.41, 5.74) is 1.14. The molecule has 1 aliphatic rings. The summed E-state index contributed by atoms with van der Waals surface area (Å²) in [6.07, 6.45) is 2.95. The highest BCUT2D eigenvalue weighted by molar-refractivity contribution is 5.92. The van der Waals surface area contributed by atoms with Gasteiger partial charge in [-0.1, -0.05) is 0 Å². The average molecular weight is 235 g/mol. The average Bonchev–Trinajstić information content (AvgIpc) is 2.33. The molecule has 1 aromatic rings. The molecule has 0 aromatic carbocycles. The van der Waals surface area contributed by atoms with Crippen LogP contribution in [0.25, 0.3) is 0 Å². The molecule has 1 amide bonds. The van der Waals surface area contributed by atoms with Crippen LogP contribution in [-0.2, 0) is 0 Å². The van der Waals surface area contributed by atoms with Gasteiger partial charge in [0.15, 0.2) is 5.69 Å². The van der Waals surface area contributed by atoms with E-state index in [2.05, 4.69) is 15.5 Å². The Morgan fingerprint density at radius 3 is 2.59 bits per heavy atom. The number of amides is 1. The number of hydrogen-bond donors (Lipinski definition) is 2. The number of carbonyl (C=O) groups excluding carboxylic acids is 1. The molecule has 0 bridgehead atoms. The van der Waals surface area contributed by atoms with Gasteiger partial charge >= 0.3 is 0 Å². The fourth-order valence-electron chi connectivity index (χ4n) is 2.00. The summed E-state index contributed by atoms with van der Waals surface area (Å²) < 4.78 is 0. The van der Waals surface area contributed by atoms with E-state index in [1.54, 1.807) is 12.1 Å². The van der Waals surface area contributed by atoms with Crippen molar-refractivity contribution in [2.75, 3.05) is 0 Å². The molecule has 2 rings (SSSR count). The highest BCUT2D eigenvalue weighted by atomic mass is 16.3. The van der Waals surface area contributed by atoms with Crippen molar-refractivity contribution in [3.63, 3.8) is 0 Å². The number of nitrogens with one attached hydrogen (secondary N) is 1. The molecule has 0 saturated heterocycles. The molecule has 1 fully saturated rings. The summed E-state index contributed by atoms with van der Waals surface area (Å²) in [5.74, 6) is -0.182. The molecule has 0 spiro atoms. The number of aliphatic hydroxyl groups is 1. The molecule has 1 heterocycles. The van der Waals surface area contributed by atoms with Gasteiger partial charge in [-0.2, -0.15) is 5.10 Å². The number of hydrogen-bond acceptors (Lipinski definition) is 4. The summed E-state index contributed by atoms with van der Waals surface area (Å²) in [5, 5.41) is 20.0. The van der Waals surface area contributed by atoms with Gasteiger partial charge in [-0.15, -0.1) is 5.10 Å². The van der Waals surface area contributed by atoms with Crippen molar-refractivity contribution in [1.82, 2.24) is 15.5 Å². The second kappa shape index (κ2) is 5.23. The topological polar surface area (TPSA) is 75.1 Å². The molecule has 0 radical (unpaired) electrons. The molecule has 5 heteroatoms. The predicted molar refractivity (Wildman–Crippen MR) is 62.5 cm³/mol. The minimum Gasteiger partial charge on any atom is -0.393 e. The van der Waals surface area contributed by atoms with Crippen molar-refractivity contribution >= 4 is 5.91 Å². The SMILES string of the molecule is Cc1ccc(C(=O)NC2CCC(O)CC2)nn1. The number of rotatable bonds is 2. The van der Waals surface area contributed by atoms with Crippen molar-refractivity contribution < 1.29 is 9.90 Å². The summed E-state index contributed by atoms with van der Waals surface area (Å²) in [7, 11) is 0. The third kappa shape index (κ3) is 3.23. The van der Waals surface area contributed by atoms with Crippen LogP contribution in [0.5, 0.6) is 0 Å². The number of carbonyl (C=O) groups is 1. The lowest BCUT2D eigenvalue weighted by atomic mass is 9.93. The summed E-state index contributed by atoms with van der Waals surface area (Å²) in [6.45, 7) is 1.83. The molecule has 1 aliphatic carbocycles. The number of aromatic nitrogens is 2. The van der Waals surface area contributed by atoms with E-state index in [1.807, 2.05) is 6.92 Å². The van der Waals surface area contributed by atoms with E-state index in [0.29, 0.717) is 5.69 Å². The lowest BCUT2D eigenvalue weighted by Crippen LogP contribution is -2.39. The number of aryl methyl sites for hydroxylation is 1.